The Kier molecular flexibility index (Phi) is 9.21. The van der Waals surface area contributed by atoms with Crippen molar-refractivity contribution in [2.24, 2.45) is 0 Å². The van der Waals surface area contributed by atoms with E-state index in [1.54, 1.807) is 0 Å². The van der Waals surface area contributed by atoms with Crippen molar-refractivity contribution in [3.8, 4) is 50.5 Å². The predicted octanol–water partition coefficient (Wildman–Crippen LogP) is 16.8. The van der Waals surface area contributed by atoms with Crippen LogP contribution >= 0.6 is 0 Å². The van der Waals surface area contributed by atoms with Gasteiger partial charge < -0.3 is 4.90 Å². The lowest BCUT2D eigenvalue weighted by Crippen LogP contribution is -2.27. The summed E-state index contributed by atoms with van der Waals surface area (Å²) in [5.74, 6) is 0.927. The molecule has 2 aliphatic carbocycles. The van der Waals surface area contributed by atoms with Gasteiger partial charge in [0.05, 0.1) is 16.4 Å². The van der Waals surface area contributed by atoms with Crippen LogP contribution in [0.15, 0.2) is 212 Å². The van der Waals surface area contributed by atoms with Gasteiger partial charge in [-0.15, -0.1) is 0 Å². The molecular weight excluding hydrogens is 811 g/mol. The molecule has 2 aliphatic rings. The molecule has 0 aliphatic heterocycles. The summed E-state index contributed by atoms with van der Waals surface area (Å²) < 4.78 is 2.29. The van der Waals surface area contributed by atoms with Crippen LogP contribution in [0, 0.1) is 0 Å². The Morgan fingerprint density at radius 3 is 1.46 bits per heavy atom. The molecule has 10 aromatic rings. The average molecular weight is 864 g/mol. The maximum atomic E-state index is 5.27. The molecule has 0 unspecified atom stereocenters. The highest BCUT2D eigenvalue weighted by Gasteiger charge is 2.52. The van der Waals surface area contributed by atoms with E-state index in [-0.39, 0.29) is 10.8 Å². The van der Waals surface area contributed by atoms with Crippen LogP contribution in [0.2, 0.25) is 0 Å². The highest BCUT2D eigenvalue weighted by atomic mass is 15.1. The Hall–Kier alpha value is -7.75. The Morgan fingerprint density at radius 2 is 0.866 bits per heavy atom. The maximum Gasteiger partial charge on any atom is 0.145 e. The summed E-state index contributed by atoms with van der Waals surface area (Å²) in [6.45, 7) is 14.0. The first-order valence-corrected chi connectivity index (χ1v) is 23.6. The van der Waals surface area contributed by atoms with Gasteiger partial charge in [0.25, 0.3) is 0 Å². The number of imidazole rings is 1. The highest BCUT2D eigenvalue weighted by Crippen LogP contribution is 2.64. The van der Waals surface area contributed by atoms with Crippen LogP contribution in [0.5, 0.6) is 0 Å². The molecule has 0 amide bonds. The minimum atomic E-state index is -0.595. The largest absolute Gasteiger partial charge is 0.310 e. The van der Waals surface area contributed by atoms with Gasteiger partial charge in [0.1, 0.15) is 5.82 Å². The maximum absolute atomic E-state index is 5.27. The monoisotopic (exact) mass is 863 g/mol. The number of para-hydroxylation sites is 5. The normalized spacial score (nSPS) is 13.3. The molecule has 1 heterocycles. The van der Waals surface area contributed by atoms with Crippen molar-refractivity contribution in [2.75, 3.05) is 4.90 Å². The van der Waals surface area contributed by atoms with E-state index in [0.29, 0.717) is 0 Å². The van der Waals surface area contributed by atoms with Crippen molar-refractivity contribution in [1.29, 1.82) is 0 Å². The molecule has 9 aromatic carbocycles. The van der Waals surface area contributed by atoms with E-state index in [2.05, 4.69) is 263 Å². The van der Waals surface area contributed by atoms with Crippen LogP contribution < -0.4 is 4.90 Å². The Balaban J connectivity index is 1.13. The smallest absolute Gasteiger partial charge is 0.145 e. The molecule has 324 valence electrons. The van der Waals surface area contributed by atoms with E-state index in [1.165, 1.54) is 61.2 Å². The number of hydrogen-bond donors (Lipinski definition) is 0. The first-order valence-electron chi connectivity index (χ1n) is 23.6. The molecule has 1 spiro atoms. The topological polar surface area (TPSA) is 21.1 Å². The summed E-state index contributed by atoms with van der Waals surface area (Å²) in [5.41, 5.74) is 22.4. The quantitative estimate of drug-likeness (QED) is 0.166. The van der Waals surface area contributed by atoms with Gasteiger partial charge >= 0.3 is 0 Å². The fraction of sp³-hybridized carbons (Fsp3) is 0.141. The molecule has 67 heavy (non-hydrogen) atoms. The number of anilines is 3. The average Bonchev–Trinajstić information content (AvgIpc) is 3.98. The Labute approximate surface area is 394 Å². The fourth-order valence-corrected chi connectivity index (χ4v) is 11.0. The first-order chi connectivity index (χ1) is 32.5. The van der Waals surface area contributed by atoms with Gasteiger partial charge in [-0.3, -0.25) is 4.57 Å². The summed E-state index contributed by atoms with van der Waals surface area (Å²) in [5, 5.41) is 0. The third kappa shape index (κ3) is 6.43. The number of benzene rings is 9. The molecular formula is C64H53N3. The minimum absolute atomic E-state index is 0.0520. The zero-order chi connectivity index (χ0) is 45.7. The first kappa shape index (κ1) is 40.7. The molecule has 0 atom stereocenters. The predicted molar refractivity (Wildman–Crippen MR) is 280 cm³/mol. The molecule has 0 radical (unpaired) electrons. The number of fused-ring (bicyclic) bond motifs is 11. The number of nitrogens with zero attached hydrogens (tertiary/aromatic N) is 3. The van der Waals surface area contributed by atoms with Crippen LogP contribution in [0.25, 0.3) is 61.5 Å². The number of aromatic nitrogens is 2. The summed E-state index contributed by atoms with van der Waals surface area (Å²) in [7, 11) is 0. The SMILES string of the molecule is CC(C)(C)c1ccc2c(c1)C1(c3cc(-c4cccc(-c5nc6ccccc6n5-c5ccccc5)c4)ccc3-c3ccc(N(c4ccccc4)c4ccccc4)cc31)c1cc(C(C)(C)C)ccc1-2. The molecule has 0 fully saturated rings. The summed E-state index contributed by atoms with van der Waals surface area (Å²) in [6, 6.07) is 78.7. The summed E-state index contributed by atoms with van der Waals surface area (Å²) in [6.07, 6.45) is 0. The van der Waals surface area contributed by atoms with Gasteiger partial charge in [0, 0.05) is 28.3 Å². The standard InChI is InChI=1S/C64H53N3/c1-62(2,3)45-30-34-52-53-35-31-46(63(4,5)6)40-57(53)64(56(52)39-45)55-38-43(42-19-18-20-44(37-42)61-65-59-27-16-17-28-60(59)67(61)49-25-14-9-15-26-49)29-33-51(55)54-36-32-50(41-58(54)64)66(47-21-10-7-11-22-47)48-23-12-8-13-24-48/h7-41H,1-6H3. The molecule has 0 bridgehead atoms. The molecule has 0 saturated carbocycles. The van der Waals surface area contributed by atoms with Crippen molar-refractivity contribution in [1.82, 2.24) is 9.55 Å². The third-order valence-electron chi connectivity index (χ3n) is 14.3. The number of rotatable bonds is 6. The van der Waals surface area contributed by atoms with Crippen molar-refractivity contribution in [3.05, 3.63) is 246 Å². The van der Waals surface area contributed by atoms with E-state index < -0.39 is 5.41 Å². The van der Waals surface area contributed by atoms with Crippen molar-refractivity contribution >= 4 is 28.1 Å². The van der Waals surface area contributed by atoms with Crippen molar-refractivity contribution < 1.29 is 0 Å². The van der Waals surface area contributed by atoms with Crippen molar-refractivity contribution in [2.45, 2.75) is 57.8 Å². The second-order valence-electron chi connectivity index (χ2n) is 20.4. The fourth-order valence-electron chi connectivity index (χ4n) is 11.0. The lowest BCUT2D eigenvalue weighted by molar-refractivity contribution is 0.586. The van der Waals surface area contributed by atoms with E-state index in [1.807, 2.05) is 0 Å². The second kappa shape index (κ2) is 15.2. The molecule has 1 aromatic heterocycles. The van der Waals surface area contributed by atoms with Crippen LogP contribution in [-0.2, 0) is 16.2 Å². The molecule has 0 N–H and O–H groups in total. The molecule has 0 saturated heterocycles. The van der Waals surface area contributed by atoms with Crippen LogP contribution in [0.4, 0.5) is 17.1 Å². The lowest BCUT2D eigenvalue weighted by Gasteiger charge is -2.34. The van der Waals surface area contributed by atoms with Gasteiger partial charge in [-0.05, 0) is 150 Å². The van der Waals surface area contributed by atoms with E-state index in [4.69, 9.17) is 4.98 Å². The van der Waals surface area contributed by atoms with E-state index in [0.717, 1.165) is 50.7 Å². The second-order valence-corrected chi connectivity index (χ2v) is 20.4. The van der Waals surface area contributed by atoms with Gasteiger partial charge in [0.15, 0.2) is 0 Å². The zero-order valence-electron chi connectivity index (χ0n) is 39.0. The lowest BCUT2D eigenvalue weighted by atomic mass is 9.68. The van der Waals surface area contributed by atoms with E-state index >= 15 is 0 Å². The van der Waals surface area contributed by atoms with Gasteiger partial charge in [-0.25, -0.2) is 4.98 Å². The van der Waals surface area contributed by atoms with E-state index in [9.17, 15) is 0 Å². The van der Waals surface area contributed by atoms with Crippen LogP contribution in [-0.4, -0.2) is 9.55 Å². The third-order valence-corrected chi connectivity index (χ3v) is 14.3. The van der Waals surface area contributed by atoms with Gasteiger partial charge in [-0.2, -0.15) is 0 Å². The minimum Gasteiger partial charge on any atom is -0.310 e. The molecule has 3 heteroatoms. The van der Waals surface area contributed by atoms with Crippen LogP contribution in [0.3, 0.4) is 0 Å². The number of hydrogen-bond acceptors (Lipinski definition) is 2. The Bertz CT molecular complexity index is 3430. The summed E-state index contributed by atoms with van der Waals surface area (Å²) >= 11 is 0. The summed E-state index contributed by atoms with van der Waals surface area (Å²) in [4.78, 5) is 7.68. The van der Waals surface area contributed by atoms with Gasteiger partial charge in [0.2, 0.25) is 0 Å². The highest BCUT2D eigenvalue weighted by molar-refractivity contribution is 5.98. The molecule has 12 rings (SSSR count). The Morgan fingerprint density at radius 1 is 0.388 bits per heavy atom. The molecule has 3 nitrogen and oxygen atoms in total. The van der Waals surface area contributed by atoms with Crippen LogP contribution in [0.1, 0.15) is 74.9 Å². The zero-order valence-corrected chi connectivity index (χ0v) is 39.0. The van der Waals surface area contributed by atoms with Gasteiger partial charge in [-0.1, -0.05) is 181 Å². The van der Waals surface area contributed by atoms with Crippen molar-refractivity contribution in [3.63, 3.8) is 0 Å².